The summed E-state index contributed by atoms with van der Waals surface area (Å²) in [4.78, 5) is 40.5. The maximum atomic E-state index is 13.1. The number of hydrogen-bond donors (Lipinski definition) is 1. The summed E-state index contributed by atoms with van der Waals surface area (Å²) in [5.74, 6) is -2.19. The molecule has 1 N–H and O–H groups in total. The highest BCUT2D eigenvalue weighted by molar-refractivity contribution is 6.04. The molecule has 1 amide bonds. The number of carbonyl (C=O) groups excluding carboxylic acids is 3. The van der Waals surface area contributed by atoms with Gasteiger partial charge in [-0.25, -0.2) is 23.6 Å². The molecule has 2 aromatic carbocycles. The van der Waals surface area contributed by atoms with Gasteiger partial charge in [0, 0.05) is 5.69 Å². The Morgan fingerprint density at radius 2 is 1.53 bits per heavy atom. The van der Waals surface area contributed by atoms with Gasteiger partial charge in [0.1, 0.15) is 11.6 Å². The van der Waals surface area contributed by atoms with Gasteiger partial charge < -0.3 is 14.8 Å². The first kappa shape index (κ1) is 20.6. The van der Waals surface area contributed by atoms with Crippen LogP contribution in [0.15, 0.2) is 42.5 Å². The number of hydrogen-bond acceptors (Lipinski definition) is 7. The van der Waals surface area contributed by atoms with E-state index in [1.165, 1.54) is 61.4 Å². The Labute approximate surface area is 170 Å². The normalized spacial score (nSPS) is 10.4. The Hall–Kier alpha value is -4.08. The van der Waals surface area contributed by atoms with Gasteiger partial charge in [0.15, 0.2) is 0 Å². The van der Waals surface area contributed by atoms with Crippen molar-refractivity contribution >= 4 is 23.5 Å². The van der Waals surface area contributed by atoms with Crippen LogP contribution in [0.3, 0.4) is 0 Å². The molecule has 3 rings (SSSR count). The minimum absolute atomic E-state index is 0.0525. The van der Waals surface area contributed by atoms with Crippen LogP contribution in [-0.4, -0.2) is 46.8 Å². The van der Waals surface area contributed by atoms with Crippen LogP contribution in [0.25, 0.3) is 5.69 Å². The molecule has 0 saturated carbocycles. The molecule has 0 saturated heterocycles. The van der Waals surface area contributed by atoms with Crippen molar-refractivity contribution in [2.75, 3.05) is 19.5 Å². The smallest absolute Gasteiger partial charge is 0.337 e. The van der Waals surface area contributed by atoms with E-state index in [9.17, 15) is 18.8 Å². The number of halogens is 1. The largest absolute Gasteiger partial charge is 0.465 e. The lowest BCUT2D eigenvalue weighted by atomic mass is 10.1. The third kappa shape index (κ3) is 4.32. The second kappa shape index (κ2) is 8.52. The summed E-state index contributed by atoms with van der Waals surface area (Å²) in [6.45, 7) is 1.64. The fourth-order valence-corrected chi connectivity index (χ4v) is 2.67. The summed E-state index contributed by atoms with van der Waals surface area (Å²) in [5.41, 5.74) is 0.786. The molecular formula is C20H17FN4O5. The van der Waals surface area contributed by atoms with E-state index in [4.69, 9.17) is 0 Å². The third-order valence-electron chi connectivity index (χ3n) is 4.08. The van der Waals surface area contributed by atoms with Crippen LogP contribution in [0.1, 0.15) is 37.2 Å². The molecule has 0 spiro atoms. The zero-order valence-electron chi connectivity index (χ0n) is 16.3. The third-order valence-corrected chi connectivity index (χ3v) is 4.08. The predicted octanol–water partition coefficient (Wildman–Crippen LogP) is 2.54. The highest BCUT2D eigenvalue weighted by Gasteiger charge is 2.19. The van der Waals surface area contributed by atoms with Gasteiger partial charge in [-0.2, -0.15) is 0 Å². The number of anilines is 1. The van der Waals surface area contributed by atoms with E-state index in [-0.39, 0.29) is 22.6 Å². The van der Waals surface area contributed by atoms with Crippen molar-refractivity contribution in [2.45, 2.75) is 6.92 Å². The van der Waals surface area contributed by atoms with Crippen LogP contribution in [0.4, 0.5) is 10.1 Å². The Morgan fingerprint density at radius 3 is 2.07 bits per heavy atom. The molecule has 0 aliphatic rings. The minimum atomic E-state index is -0.689. The molecule has 0 atom stereocenters. The van der Waals surface area contributed by atoms with Gasteiger partial charge in [-0.05, 0) is 49.4 Å². The summed E-state index contributed by atoms with van der Waals surface area (Å²) >= 11 is 0. The van der Waals surface area contributed by atoms with Gasteiger partial charge in [0.25, 0.3) is 5.91 Å². The number of benzene rings is 2. The molecule has 154 valence electrons. The Morgan fingerprint density at radius 1 is 0.967 bits per heavy atom. The second-order valence-corrected chi connectivity index (χ2v) is 6.11. The fraction of sp³-hybridized carbons (Fsp3) is 0.150. The molecule has 0 bridgehead atoms. The van der Waals surface area contributed by atoms with Crippen LogP contribution in [0.2, 0.25) is 0 Å². The molecule has 30 heavy (non-hydrogen) atoms. The summed E-state index contributed by atoms with van der Waals surface area (Å²) in [7, 11) is 2.39. The molecule has 3 aromatic rings. The first-order valence-corrected chi connectivity index (χ1v) is 8.65. The standard InChI is InChI=1S/C20H17FN4O5/c1-11-22-17(24-25(11)16-6-4-14(21)5-7-16)18(26)23-15-9-12(19(27)29-2)8-13(10-15)20(28)30-3/h4-10H,1-3H3,(H,23,26). The number of aromatic nitrogens is 3. The van der Waals surface area contributed by atoms with Gasteiger partial charge in [-0.3, -0.25) is 4.79 Å². The van der Waals surface area contributed by atoms with Crippen molar-refractivity contribution in [1.29, 1.82) is 0 Å². The summed E-state index contributed by atoms with van der Waals surface area (Å²) in [6, 6.07) is 9.52. The quantitative estimate of drug-likeness (QED) is 0.641. The van der Waals surface area contributed by atoms with E-state index in [2.05, 4.69) is 24.9 Å². The lowest BCUT2D eigenvalue weighted by molar-refractivity contribution is 0.0599. The molecule has 0 radical (unpaired) electrons. The highest BCUT2D eigenvalue weighted by Crippen LogP contribution is 2.18. The molecule has 0 aliphatic carbocycles. The van der Waals surface area contributed by atoms with Crippen molar-refractivity contribution in [2.24, 2.45) is 0 Å². The summed E-state index contributed by atoms with van der Waals surface area (Å²) in [5, 5.41) is 6.69. The van der Waals surface area contributed by atoms with Gasteiger partial charge in [-0.1, -0.05) is 0 Å². The summed E-state index contributed by atoms with van der Waals surface area (Å²) < 4.78 is 23.9. The number of ether oxygens (including phenoxy) is 2. The van der Waals surface area contributed by atoms with Crippen molar-refractivity contribution < 1.29 is 28.2 Å². The van der Waals surface area contributed by atoms with Crippen LogP contribution < -0.4 is 5.32 Å². The maximum absolute atomic E-state index is 13.1. The first-order chi connectivity index (χ1) is 14.3. The molecule has 0 aliphatic heterocycles. The van der Waals surface area contributed by atoms with Crippen LogP contribution in [-0.2, 0) is 9.47 Å². The molecule has 1 heterocycles. The number of rotatable bonds is 5. The SMILES string of the molecule is COC(=O)c1cc(NC(=O)c2nc(C)n(-c3ccc(F)cc3)n2)cc(C(=O)OC)c1. The minimum Gasteiger partial charge on any atom is -0.465 e. The maximum Gasteiger partial charge on any atom is 0.337 e. The van der Waals surface area contributed by atoms with Gasteiger partial charge >= 0.3 is 11.9 Å². The van der Waals surface area contributed by atoms with Gasteiger partial charge in [0.05, 0.1) is 31.0 Å². The molecular weight excluding hydrogens is 395 g/mol. The van der Waals surface area contributed by atoms with E-state index < -0.39 is 23.7 Å². The first-order valence-electron chi connectivity index (χ1n) is 8.65. The monoisotopic (exact) mass is 412 g/mol. The van der Waals surface area contributed by atoms with Crippen molar-refractivity contribution in [3.05, 3.63) is 71.1 Å². The Bertz CT molecular complexity index is 1090. The average molecular weight is 412 g/mol. The van der Waals surface area contributed by atoms with Crippen molar-refractivity contribution in [3.8, 4) is 5.69 Å². The molecule has 9 nitrogen and oxygen atoms in total. The Kier molecular flexibility index (Phi) is 5.86. The van der Waals surface area contributed by atoms with E-state index in [0.29, 0.717) is 11.5 Å². The second-order valence-electron chi connectivity index (χ2n) is 6.11. The fourth-order valence-electron chi connectivity index (χ4n) is 2.67. The molecule has 10 heteroatoms. The lowest BCUT2D eigenvalue weighted by Crippen LogP contribution is -2.16. The van der Waals surface area contributed by atoms with Crippen LogP contribution in [0, 0.1) is 12.7 Å². The number of amides is 1. The van der Waals surface area contributed by atoms with E-state index in [1.54, 1.807) is 6.92 Å². The highest BCUT2D eigenvalue weighted by atomic mass is 19.1. The number of esters is 2. The zero-order valence-corrected chi connectivity index (χ0v) is 16.3. The number of aryl methyl sites for hydroxylation is 1. The predicted molar refractivity (Wildman–Crippen MR) is 103 cm³/mol. The average Bonchev–Trinajstić information content (AvgIpc) is 3.14. The van der Waals surface area contributed by atoms with Gasteiger partial charge in [0.2, 0.25) is 5.82 Å². The number of carbonyl (C=O) groups is 3. The van der Waals surface area contributed by atoms with E-state index in [1.807, 2.05) is 0 Å². The number of nitrogens with zero attached hydrogens (tertiary/aromatic N) is 3. The Balaban J connectivity index is 1.90. The van der Waals surface area contributed by atoms with Crippen molar-refractivity contribution in [1.82, 2.24) is 14.8 Å². The van der Waals surface area contributed by atoms with E-state index >= 15 is 0 Å². The molecule has 0 unspecified atom stereocenters. The molecule has 0 fully saturated rings. The summed E-state index contributed by atoms with van der Waals surface area (Å²) in [6.07, 6.45) is 0. The van der Waals surface area contributed by atoms with E-state index in [0.717, 1.165) is 0 Å². The number of methoxy groups -OCH3 is 2. The topological polar surface area (TPSA) is 112 Å². The van der Waals surface area contributed by atoms with Gasteiger partial charge in [-0.15, -0.1) is 5.10 Å². The van der Waals surface area contributed by atoms with Crippen LogP contribution in [0.5, 0.6) is 0 Å². The van der Waals surface area contributed by atoms with Crippen LogP contribution >= 0.6 is 0 Å². The zero-order chi connectivity index (χ0) is 21.8. The lowest BCUT2D eigenvalue weighted by Gasteiger charge is -2.08. The number of nitrogens with one attached hydrogen (secondary N) is 1. The van der Waals surface area contributed by atoms with Crippen molar-refractivity contribution in [3.63, 3.8) is 0 Å². The molecule has 1 aromatic heterocycles.